The van der Waals surface area contributed by atoms with E-state index in [-0.39, 0.29) is 29.5 Å². The molecule has 2 atom stereocenters. The molecule has 0 radical (unpaired) electrons. The number of nitrogens with one attached hydrogen (secondary N) is 1. The molecule has 0 bridgehead atoms. The summed E-state index contributed by atoms with van der Waals surface area (Å²) >= 11 is 0. The van der Waals surface area contributed by atoms with E-state index in [4.69, 9.17) is 9.47 Å². The predicted octanol–water partition coefficient (Wildman–Crippen LogP) is 0.278. The number of methoxy groups -OCH3 is 1. The second-order valence-electron chi connectivity index (χ2n) is 5.76. The fraction of sp³-hybridized carbons (Fsp3) is 0.353. The molecule has 1 N–H and O–H groups in total. The van der Waals surface area contributed by atoms with Crippen LogP contribution < -0.4 is 15.1 Å². The summed E-state index contributed by atoms with van der Waals surface area (Å²) in [5.41, 5.74) is 2.86. The lowest BCUT2D eigenvalue weighted by atomic mass is 9.99. The highest BCUT2D eigenvalue weighted by Gasteiger charge is 2.56. The van der Waals surface area contributed by atoms with Gasteiger partial charge in [0.2, 0.25) is 5.91 Å². The van der Waals surface area contributed by atoms with Crippen LogP contribution in [-0.4, -0.2) is 49.0 Å². The van der Waals surface area contributed by atoms with Gasteiger partial charge >= 0.3 is 5.97 Å². The summed E-state index contributed by atoms with van der Waals surface area (Å²) in [6.45, 7) is 3.13. The van der Waals surface area contributed by atoms with Gasteiger partial charge in [-0.15, -0.1) is 0 Å². The third-order valence-corrected chi connectivity index (χ3v) is 4.24. The fourth-order valence-corrected chi connectivity index (χ4v) is 2.98. The van der Waals surface area contributed by atoms with Crippen molar-refractivity contribution in [3.8, 4) is 5.75 Å². The number of benzene rings is 1. The Balaban J connectivity index is 2.01. The Hall–Kier alpha value is -3.23. The lowest BCUT2D eigenvalue weighted by Gasteiger charge is -2.19. The topological polar surface area (TPSA) is 114 Å². The standard InChI is InChI=1S/C17H17N3O6/c1-4-26-17(24)14-12-13(18-19-14)16(23)20(15(12)22)10-7-9(8(2)21)5-6-11(10)25-3/h5-7,12-13,18H,4H2,1-3H3/t12-,13+/m0/s1. The summed E-state index contributed by atoms with van der Waals surface area (Å²) < 4.78 is 10.1. The highest BCUT2D eigenvalue weighted by molar-refractivity contribution is 6.46. The number of Topliss-reactive ketones (excluding diaryl/α,β-unsaturated/α-hetero) is 1. The number of ketones is 1. The van der Waals surface area contributed by atoms with E-state index in [1.165, 1.54) is 26.2 Å². The van der Waals surface area contributed by atoms with Gasteiger partial charge in [-0.2, -0.15) is 5.10 Å². The van der Waals surface area contributed by atoms with E-state index < -0.39 is 29.7 Å². The average Bonchev–Trinajstić information content (AvgIpc) is 3.15. The summed E-state index contributed by atoms with van der Waals surface area (Å²) in [5, 5.41) is 3.79. The van der Waals surface area contributed by atoms with Crippen molar-refractivity contribution in [3.05, 3.63) is 23.8 Å². The highest BCUT2D eigenvalue weighted by atomic mass is 16.5. The van der Waals surface area contributed by atoms with Crippen LogP contribution >= 0.6 is 0 Å². The Morgan fingerprint density at radius 2 is 2.00 bits per heavy atom. The zero-order chi connectivity index (χ0) is 19.0. The van der Waals surface area contributed by atoms with E-state index in [1.54, 1.807) is 13.0 Å². The van der Waals surface area contributed by atoms with E-state index in [1.807, 2.05) is 0 Å². The first kappa shape index (κ1) is 17.6. The van der Waals surface area contributed by atoms with Crippen molar-refractivity contribution in [1.82, 2.24) is 5.43 Å². The zero-order valence-electron chi connectivity index (χ0n) is 14.4. The molecule has 2 amide bonds. The minimum Gasteiger partial charge on any atom is -0.495 e. The molecule has 0 aromatic heterocycles. The Kier molecular flexibility index (Phi) is 4.45. The number of esters is 1. The number of amides is 2. The molecule has 1 aromatic carbocycles. The highest BCUT2D eigenvalue weighted by Crippen LogP contribution is 2.36. The number of anilines is 1. The van der Waals surface area contributed by atoms with Gasteiger partial charge in [0, 0.05) is 5.56 Å². The van der Waals surface area contributed by atoms with Crippen LogP contribution in [0.4, 0.5) is 5.69 Å². The SMILES string of the molecule is CCOC(=O)C1=NN[C@H]2C(=O)N(c3cc(C(C)=O)ccc3OC)C(=O)[C@H]12. The van der Waals surface area contributed by atoms with Gasteiger partial charge in [-0.3, -0.25) is 19.8 Å². The lowest BCUT2D eigenvalue weighted by molar-refractivity contribution is -0.136. The first-order chi connectivity index (χ1) is 12.4. The van der Waals surface area contributed by atoms with Crippen molar-refractivity contribution < 1.29 is 28.7 Å². The Bertz CT molecular complexity index is 847. The first-order valence-electron chi connectivity index (χ1n) is 7.97. The van der Waals surface area contributed by atoms with E-state index in [0.29, 0.717) is 5.56 Å². The Labute approximate surface area is 148 Å². The molecule has 9 nitrogen and oxygen atoms in total. The molecule has 3 rings (SSSR count). The molecule has 136 valence electrons. The van der Waals surface area contributed by atoms with Crippen molar-refractivity contribution >= 4 is 35.0 Å². The van der Waals surface area contributed by atoms with E-state index in [2.05, 4.69) is 10.5 Å². The Morgan fingerprint density at radius 3 is 2.62 bits per heavy atom. The van der Waals surface area contributed by atoms with Crippen LogP contribution in [0.15, 0.2) is 23.3 Å². The van der Waals surface area contributed by atoms with E-state index in [0.717, 1.165) is 4.90 Å². The number of fused-ring (bicyclic) bond motifs is 1. The van der Waals surface area contributed by atoms with Crippen molar-refractivity contribution in [1.29, 1.82) is 0 Å². The van der Waals surface area contributed by atoms with Gasteiger partial charge in [0.1, 0.15) is 17.7 Å². The lowest BCUT2D eigenvalue weighted by Crippen LogP contribution is -2.36. The van der Waals surface area contributed by atoms with Crippen molar-refractivity contribution in [3.63, 3.8) is 0 Å². The zero-order valence-corrected chi connectivity index (χ0v) is 14.4. The maximum Gasteiger partial charge on any atom is 0.355 e. The number of nitrogens with zero attached hydrogens (tertiary/aromatic N) is 2. The summed E-state index contributed by atoms with van der Waals surface area (Å²) in [7, 11) is 1.39. The number of hydrogen-bond donors (Lipinski definition) is 1. The van der Waals surface area contributed by atoms with Gasteiger partial charge in [0.25, 0.3) is 5.91 Å². The van der Waals surface area contributed by atoms with Gasteiger partial charge in [-0.25, -0.2) is 9.69 Å². The van der Waals surface area contributed by atoms with Crippen LogP contribution in [0.25, 0.3) is 0 Å². The number of imide groups is 1. The molecule has 2 aliphatic heterocycles. The monoisotopic (exact) mass is 359 g/mol. The van der Waals surface area contributed by atoms with Crippen LogP contribution in [0.1, 0.15) is 24.2 Å². The number of hydrogen-bond acceptors (Lipinski definition) is 8. The summed E-state index contributed by atoms with van der Waals surface area (Å²) in [5.74, 6) is -3.00. The largest absolute Gasteiger partial charge is 0.495 e. The Morgan fingerprint density at radius 1 is 1.27 bits per heavy atom. The molecule has 1 fully saturated rings. The van der Waals surface area contributed by atoms with Gasteiger partial charge in [-0.05, 0) is 32.0 Å². The fourth-order valence-electron chi connectivity index (χ4n) is 2.98. The number of carbonyl (C=O) groups is 4. The number of carbonyl (C=O) groups excluding carboxylic acids is 4. The molecule has 2 aliphatic rings. The van der Waals surface area contributed by atoms with Crippen LogP contribution in [0.5, 0.6) is 5.75 Å². The van der Waals surface area contributed by atoms with Crippen LogP contribution in [-0.2, 0) is 19.1 Å². The maximum absolute atomic E-state index is 12.9. The number of hydrazone groups is 1. The van der Waals surface area contributed by atoms with Crippen molar-refractivity contribution in [2.45, 2.75) is 19.9 Å². The minimum absolute atomic E-state index is 0.121. The predicted molar refractivity (Wildman–Crippen MR) is 90.0 cm³/mol. The minimum atomic E-state index is -1.08. The van der Waals surface area contributed by atoms with Crippen LogP contribution in [0.3, 0.4) is 0 Å². The third kappa shape index (κ3) is 2.61. The number of rotatable bonds is 5. The smallest absolute Gasteiger partial charge is 0.355 e. The second kappa shape index (κ2) is 6.58. The summed E-state index contributed by atoms with van der Waals surface area (Å²) in [6.07, 6.45) is 0. The molecule has 1 saturated heterocycles. The molecule has 0 spiro atoms. The molecule has 0 unspecified atom stereocenters. The molecule has 1 aromatic rings. The normalized spacial score (nSPS) is 21.2. The molecule has 26 heavy (non-hydrogen) atoms. The molecule has 2 heterocycles. The average molecular weight is 359 g/mol. The van der Waals surface area contributed by atoms with E-state index >= 15 is 0 Å². The van der Waals surface area contributed by atoms with Crippen LogP contribution in [0.2, 0.25) is 0 Å². The molecule has 0 saturated carbocycles. The molecular weight excluding hydrogens is 342 g/mol. The van der Waals surface area contributed by atoms with Gasteiger partial charge in [-0.1, -0.05) is 0 Å². The molecule has 9 heteroatoms. The van der Waals surface area contributed by atoms with Crippen molar-refractivity contribution in [2.75, 3.05) is 18.6 Å². The van der Waals surface area contributed by atoms with Gasteiger partial charge in [0.05, 0.1) is 19.4 Å². The van der Waals surface area contributed by atoms with Gasteiger partial charge < -0.3 is 9.47 Å². The summed E-state index contributed by atoms with van der Waals surface area (Å²) in [6, 6.07) is 3.47. The van der Waals surface area contributed by atoms with E-state index in [9.17, 15) is 19.2 Å². The van der Waals surface area contributed by atoms with Gasteiger partial charge in [0.15, 0.2) is 11.5 Å². The quantitative estimate of drug-likeness (QED) is 0.456. The second-order valence-corrected chi connectivity index (χ2v) is 5.76. The number of ether oxygens (including phenoxy) is 2. The third-order valence-electron chi connectivity index (χ3n) is 4.24. The molecular formula is C17H17N3O6. The summed E-state index contributed by atoms with van der Waals surface area (Å²) in [4.78, 5) is 50.2. The van der Waals surface area contributed by atoms with Crippen molar-refractivity contribution in [2.24, 2.45) is 11.0 Å². The maximum atomic E-state index is 12.9. The molecule has 0 aliphatic carbocycles. The first-order valence-corrected chi connectivity index (χ1v) is 7.97. The van der Waals surface area contributed by atoms with Crippen LogP contribution in [0, 0.1) is 5.92 Å².